The molecule has 1 rings (SSSR count). The molecule has 2 unspecified atom stereocenters. The van der Waals surface area contributed by atoms with Gasteiger partial charge >= 0.3 is 5.97 Å². The first-order valence-electron chi connectivity index (χ1n) is 6.16. The first-order valence-corrected chi connectivity index (χ1v) is 6.16. The lowest BCUT2D eigenvalue weighted by Crippen LogP contribution is -2.45. The van der Waals surface area contributed by atoms with Gasteiger partial charge in [0.25, 0.3) is 5.91 Å². The van der Waals surface area contributed by atoms with Crippen LogP contribution in [0, 0.1) is 0 Å². The van der Waals surface area contributed by atoms with Crippen molar-refractivity contribution in [3.05, 3.63) is 24.3 Å². The van der Waals surface area contributed by atoms with Gasteiger partial charge in [0.2, 0.25) is 0 Å². The summed E-state index contributed by atoms with van der Waals surface area (Å²) >= 11 is 0. The van der Waals surface area contributed by atoms with Gasteiger partial charge in [-0.15, -0.1) is 0 Å². The summed E-state index contributed by atoms with van der Waals surface area (Å²) in [7, 11) is 2.84. The number of carbonyl (C=O) groups is 2. The van der Waals surface area contributed by atoms with Crippen molar-refractivity contribution in [1.29, 1.82) is 0 Å². The van der Waals surface area contributed by atoms with Crippen LogP contribution in [-0.4, -0.2) is 38.2 Å². The van der Waals surface area contributed by atoms with Gasteiger partial charge in [-0.1, -0.05) is 0 Å². The van der Waals surface area contributed by atoms with E-state index >= 15 is 0 Å². The molecule has 2 atom stereocenters. The van der Waals surface area contributed by atoms with Crippen LogP contribution in [0.2, 0.25) is 0 Å². The molecule has 110 valence electrons. The molecular formula is C14H19NO5. The third-order valence-corrected chi connectivity index (χ3v) is 2.66. The third kappa shape index (κ3) is 4.46. The fourth-order valence-electron chi connectivity index (χ4n) is 1.48. The lowest BCUT2D eigenvalue weighted by atomic mass is 10.3. The number of rotatable bonds is 6. The van der Waals surface area contributed by atoms with Crippen LogP contribution >= 0.6 is 0 Å². The second-order valence-corrected chi connectivity index (χ2v) is 4.19. The minimum absolute atomic E-state index is 0.390. The van der Waals surface area contributed by atoms with Crippen LogP contribution in [-0.2, 0) is 14.3 Å². The van der Waals surface area contributed by atoms with E-state index in [-0.39, 0.29) is 0 Å². The largest absolute Gasteiger partial charge is 0.497 e. The predicted octanol–water partition coefficient (Wildman–Crippen LogP) is 1.14. The number of amides is 1. The maximum absolute atomic E-state index is 11.8. The molecule has 1 amide bonds. The van der Waals surface area contributed by atoms with Crippen LogP contribution in [0.15, 0.2) is 24.3 Å². The molecule has 1 aromatic carbocycles. The Labute approximate surface area is 118 Å². The average molecular weight is 281 g/mol. The molecule has 20 heavy (non-hydrogen) atoms. The molecule has 6 heteroatoms. The van der Waals surface area contributed by atoms with Gasteiger partial charge in [-0.3, -0.25) is 4.79 Å². The number of carbonyl (C=O) groups excluding carboxylic acids is 2. The molecule has 0 fully saturated rings. The summed E-state index contributed by atoms with van der Waals surface area (Å²) in [4.78, 5) is 23.0. The Balaban J connectivity index is 2.54. The highest BCUT2D eigenvalue weighted by atomic mass is 16.5. The molecule has 0 radical (unpaired) electrons. The van der Waals surface area contributed by atoms with Crippen LogP contribution in [0.5, 0.6) is 11.5 Å². The van der Waals surface area contributed by atoms with Crippen molar-refractivity contribution in [2.45, 2.75) is 26.0 Å². The van der Waals surface area contributed by atoms with Crippen molar-refractivity contribution in [3.63, 3.8) is 0 Å². The number of hydrogen-bond donors (Lipinski definition) is 1. The lowest BCUT2D eigenvalue weighted by Gasteiger charge is -2.17. The number of methoxy groups -OCH3 is 2. The number of hydrogen-bond acceptors (Lipinski definition) is 5. The summed E-state index contributed by atoms with van der Waals surface area (Å²) < 4.78 is 15.0. The van der Waals surface area contributed by atoms with E-state index in [0.29, 0.717) is 11.5 Å². The first kappa shape index (κ1) is 15.8. The second kappa shape index (κ2) is 7.37. The van der Waals surface area contributed by atoms with Crippen LogP contribution in [0.4, 0.5) is 0 Å². The average Bonchev–Trinajstić information content (AvgIpc) is 2.46. The molecular weight excluding hydrogens is 262 g/mol. The molecule has 6 nitrogen and oxygen atoms in total. The SMILES string of the molecule is COC(=O)C(C)NC(=O)C(C)Oc1ccc(OC)cc1. The molecule has 0 aliphatic rings. The molecule has 0 aliphatic heterocycles. The molecule has 0 heterocycles. The summed E-state index contributed by atoms with van der Waals surface area (Å²) in [6.07, 6.45) is -0.726. The summed E-state index contributed by atoms with van der Waals surface area (Å²) in [6, 6.07) is 6.15. The Morgan fingerprint density at radius 2 is 1.60 bits per heavy atom. The van der Waals surface area contributed by atoms with Gasteiger partial charge in [-0.2, -0.15) is 0 Å². The highest BCUT2D eigenvalue weighted by Crippen LogP contribution is 2.18. The quantitative estimate of drug-likeness (QED) is 0.791. The number of ether oxygens (including phenoxy) is 3. The monoisotopic (exact) mass is 281 g/mol. The van der Waals surface area contributed by atoms with Gasteiger partial charge in [-0.25, -0.2) is 4.79 Å². The maximum Gasteiger partial charge on any atom is 0.328 e. The Kier molecular flexibility index (Phi) is 5.83. The van der Waals surface area contributed by atoms with Crippen LogP contribution in [0.1, 0.15) is 13.8 Å². The van der Waals surface area contributed by atoms with Crippen molar-refractivity contribution in [2.24, 2.45) is 0 Å². The van der Waals surface area contributed by atoms with Gasteiger partial charge in [-0.05, 0) is 38.1 Å². The van der Waals surface area contributed by atoms with Crippen molar-refractivity contribution < 1.29 is 23.8 Å². The smallest absolute Gasteiger partial charge is 0.328 e. The second-order valence-electron chi connectivity index (χ2n) is 4.19. The van der Waals surface area contributed by atoms with E-state index in [1.165, 1.54) is 7.11 Å². The normalized spacial score (nSPS) is 13.0. The maximum atomic E-state index is 11.8. The van der Waals surface area contributed by atoms with E-state index in [0.717, 1.165) is 0 Å². The van der Waals surface area contributed by atoms with Crippen molar-refractivity contribution in [2.75, 3.05) is 14.2 Å². The Morgan fingerprint density at radius 1 is 1.05 bits per heavy atom. The lowest BCUT2D eigenvalue weighted by molar-refractivity contribution is -0.145. The number of nitrogens with one attached hydrogen (secondary N) is 1. The van der Waals surface area contributed by atoms with Gasteiger partial charge in [0.1, 0.15) is 17.5 Å². The van der Waals surface area contributed by atoms with Gasteiger partial charge < -0.3 is 19.5 Å². The summed E-state index contributed by atoms with van der Waals surface area (Å²) in [5.74, 6) is 0.349. The van der Waals surface area contributed by atoms with Crippen LogP contribution in [0.3, 0.4) is 0 Å². The van der Waals surface area contributed by atoms with Gasteiger partial charge in [0.05, 0.1) is 14.2 Å². The van der Waals surface area contributed by atoms with Crippen LogP contribution in [0.25, 0.3) is 0 Å². The molecule has 1 N–H and O–H groups in total. The Bertz CT molecular complexity index is 457. The molecule has 0 aliphatic carbocycles. The minimum atomic E-state index is -0.726. The Morgan fingerprint density at radius 3 is 2.10 bits per heavy atom. The first-order chi connectivity index (χ1) is 9.47. The predicted molar refractivity (Wildman–Crippen MR) is 72.7 cm³/mol. The number of esters is 1. The molecule has 0 spiro atoms. The van der Waals surface area contributed by atoms with E-state index in [9.17, 15) is 9.59 Å². The third-order valence-electron chi connectivity index (χ3n) is 2.66. The zero-order valence-corrected chi connectivity index (χ0v) is 12.0. The molecule has 1 aromatic rings. The zero-order valence-electron chi connectivity index (χ0n) is 12.0. The van der Waals surface area contributed by atoms with E-state index < -0.39 is 24.0 Å². The van der Waals surface area contributed by atoms with Crippen molar-refractivity contribution in [3.8, 4) is 11.5 Å². The van der Waals surface area contributed by atoms with Gasteiger partial charge in [0, 0.05) is 0 Å². The van der Waals surface area contributed by atoms with Crippen LogP contribution < -0.4 is 14.8 Å². The van der Waals surface area contributed by atoms with E-state index in [1.807, 2.05) is 0 Å². The van der Waals surface area contributed by atoms with E-state index in [1.54, 1.807) is 45.2 Å². The Hall–Kier alpha value is -2.24. The molecule has 0 aromatic heterocycles. The number of benzene rings is 1. The van der Waals surface area contributed by atoms with Gasteiger partial charge in [0.15, 0.2) is 6.10 Å². The minimum Gasteiger partial charge on any atom is -0.497 e. The molecule has 0 bridgehead atoms. The van der Waals surface area contributed by atoms with E-state index in [4.69, 9.17) is 9.47 Å². The van der Waals surface area contributed by atoms with E-state index in [2.05, 4.69) is 10.1 Å². The zero-order chi connectivity index (χ0) is 15.1. The standard InChI is InChI=1S/C14H19NO5/c1-9(14(17)19-4)15-13(16)10(2)20-12-7-5-11(18-3)6-8-12/h5-10H,1-4H3,(H,15,16). The summed E-state index contributed by atoms with van der Waals surface area (Å²) in [6.45, 7) is 3.15. The highest BCUT2D eigenvalue weighted by molar-refractivity contribution is 5.86. The molecule has 0 saturated carbocycles. The topological polar surface area (TPSA) is 73.9 Å². The fraction of sp³-hybridized carbons (Fsp3) is 0.429. The highest BCUT2D eigenvalue weighted by Gasteiger charge is 2.21. The summed E-state index contributed by atoms with van der Waals surface area (Å²) in [5, 5.41) is 2.51. The van der Waals surface area contributed by atoms with Crippen molar-refractivity contribution >= 4 is 11.9 Å². The summed E-state index contributed by atoms with van der Waals surface area (Å²) in [5.41, 5.74) is 0. The van der Waals surface area contributed by atoms with Crippen molar-refractivity contribution in [1.82, 2.24) is 5.32 Å². The fourth-order valence-corrected chi connectivity index (χ4v) is 1.48. The molecule has 0 saturated heterocycles.